The maximum absolute atomic E-state index is 14.4. The number of piperazine rings is 1. The van der Waals surface area contributed by atoms with E-state index in [4.69, 9.17) is 0 Å². The van der Waals surface area contributed by atoms with E-state index < -0.39 is 5.82 Å². The Morgan fingerprint density at radius 1 is 1.12 bits per heavy atom. The van der Waals surface area contributed by atoms with Gasteiger partial charge in [0.05, 0.1) is 22.6 Å². The monoisotopic (exact) mass is 433 g/mol. The number of carbonyl (C=O) groups is 1. The largest absolute Gasteiger partial charge is 0.367 e. The van der Waals surface area contributed by atoms with Crippen LogP contribution in [-0.2, 0) is 0 Å². The Morgan fingerprint density at radius 3 is 2.59 bits per heavy atom. The normalized spacial score (nSPS) is 18.9. The highest BCUT2D eigenvalue weighted by Crippen LogP contribution is 2.28. The summed E-state index contributed by atoms with van der Waals surface area (Å²) < 4.78 is 16.0. The van der Waals surface area contributed by atoms with Crippen LogP contribution in [0.25, 0.3) is 16.7 Å². The summed E-state index contributed by atoms with van der Waals surface area (Å²) in [5.74, 6) is -0.877. The van der Waals surface area contributed by atoms with Crippen molar-refractivity contribution in [2.45, 2.75) is 32.9 Å². The molecule has 1 aliphatic rings. The number of nitrogens with one attached hydrogen (secondary N) is 2. The van der Waals surface area contributed by atoms with Crippen molar-refractivity contribution < 1.29 is 9.18 Å². The average molecular weight is 433 g/mol. The predicted molar refractivity (Wildman–Crippen MR) is 122 cm³/mol. The number of aromatic nitrogens is 4. The summed E-state index contributed by atoms with van der Waals surface area (Å²) in [7, 11) is 0. The Morgan fingerprint density at radius 2 is 1.84 bits per heavy atom. The molecule has 9 heteroatoms. The molecule has 1 aromatic carbocycles. The molecule has 1 aliphatic heterocycles. The van der Waals surface area contributed by atoms with Gasteiger partial charge >= 0.3 is 0 Å². The molecule has 0 aliphatic carbocycles. The highest BCUT2D eigenvalue weighted by atomic mass is 19.1. The third kappa shape index (κ3) is 3.64. The molecule has 1 fully saturated rings. The van der Waals surface area contributed by atoms with Crippen molar-refractivity contribution >= 4 is 34.0 Å². The van der Waals surface area contributed by atoms with E-state index in [0.717, 1.165) is 18.8 Å². The van der Waals surface area contributed by atoms with Crippen molar-refractivity contribution in [3.05, 3.63) is 60.1 Å². The fraction of sp³-hybridized carbons (Fsp3) is 0.304. The summed E-state index contributed by atoms with van der Waals surface area (Å²) in [6.45, 7) is 7.76. The third-order valence-corrected chi connectivity index (χ3v) is 5.63. The van der Waals surface area contributed by atoms with Crippen LogP contribution >= 0.6 is 0 Å². The molecule has 5 rings (SSSR count). The molecule has 4 aromatic rings. The van der Waals surface area contributed by atoms with Gasteiger partial charge in [0.2, 0.25) is 0 Å². The van der Waals surface area contributed by atoms with Gasteiger partial charge in [-0.15, -0.1) is 0 Å². The Bertz CT molecular complexity index is 1320. The summed E-state index contributed by atoms with van der Waals surface area (Å²) in [5, 5.41) is 6.31. The molecule has 1 saturated heterocycles. The van der Waals surface area contributed by atoms with Crippen LogP contribution in [0.1, 0.15) is 29.9 Å². The number of fused-ring (bicyclic) bond motifs is 2. The molecule has 2 unspecified atom stereocenters. The second-order valence-electron chi connectivity index (χ2n) is 8.40. The van der Waals surface area contributed by atoms with Gasteiger partial charge in [-0.3, -0.25) is 14.8 Å². The number of hydrogen-bond donors (Lipinski definition) is 2. The molecule has 4 heterocycles. The number of anilines is 2. The van der Waals surface area contributed by atoms with E-state index in [0.29, 0.717) is 40.1 Å². The summed E-state index contributed by atoms with van der Waals surface area (Å²) in [5.41, 5.74) is 3.78. The molecule has 0 saturated carbocycles. The Labute approximate surface area is 184 Å². The number of halogens is 1. The number of hydrogen-bond acceptors (Lipinski definition) is 6. The molecule has 2 atom stereocenters. The minimum absolute atomic E-state index is 0.223. The molecule has 8 nitrogen and oxygen atoms in total. The van der Waals surface area contributed by atoms with Crippen molar-refractivity contribution in [2.24, 2.45) is 0 Å². The van der Waals surface area contributed by atoms with Crippen LogP contribution in [0.3, 0.4) is 0 Å². The Hall–Kier alpha value is -3.59. The number of aryl methyl sites for hydroxylation is 1. The number of pyridine rings is 1. The zero-order valence-electron chi connectivity index (χ0n) is 18.1. The van der Waals surface area contributed by atoms with E-state index in [1.807, 2.05) is 6.07 Å². The average Bonchev–Trinajstić information content (AvgIpc) is 3.13. The van der Waals surface area contributed by atoms with Gasteiger partial charge in [0.1, 0.15) is 11.0 Å². The van der Waals surface area contributed by atoms with Gasteiger partial charge in [-0.2, -0.15) is 0 Å². The summed E-state index contributed by atoms with van der Waals surface area (Å²) >= 11 is 0. The van der Waals surface area contributed by atoms with Crippen LogP contribution in [-0.4, -0.2) is 50.4 Å². The fourth-order valence-electron chi connectivity index (χ4n) is 4.45. The molecule has 0 radical (unpaired) electrons. The van der Waals surface area contributed by atoms with Crippen LogP contribution in [0.15, 0.2) is 43.0 Å². The molecule has 0 bridgehead atoms. The Kier molecular flexibility index (Phi) is 4.97. The van der Waals surface area contributed by atoms with Gasteiger partial charge in [-0.25, -0.2) is 9.37 Å². The van der Waals surface area contributed by atoms with E-state index in [2.05, 4.69) is 44.3 Å². The van der Waals surface area contributed by atoms with E-state index >= 15 is 0 Å². The lowest BCUT2D eigenvalue weighted by Gasteiger charge is -2.38. The smallest absolute Gasteiger partial charge is 0.257 e. The SMILES string of the molecule is Cc1cn2cc(NC(=O)c3ccc(N4CC(C)NC(C)C4)c4nccnc34)cc(F)c2n1. The van der Waals surface area contributed by atoms with Crippen LogP contribution in [0, 0.1) is 12.7 Å². The molecule has 3 aromatic heterocycles. The van der Waals surface area contributed by atoms with Crippen LogP contribution in [0.5, 0.6) is 0 Å². The fourth-order valence-corrected chi connectivity index (χ4v) is 4.45. The first-order chi connectivity index (χ1) is 15.4. The first-order valence-corrected chi connectivity index (χ1v) is 10.6. The van der Waals surface area contributed by atoms with Crippen LogP contribution in [0.4, 0.5) is 15.8 Å². The Balaban J connectivity index is 1.50. The van der Waals surface area contributed by atoms with Crippen molar-refractivity contribution in [2.75, 3.05) is 23.3 Å². The molecule has 32 heavy (non-hydrogen) atoms. The maximum Gasteiger partial charge on any atom is 0.257 e. The lowest BCUT2D eigenvalue weighted by molar-refractivity contribution is 0.102. The van der Waals surface area contributed by atoms with E-state index in [1.165, 1.54) is 6.07 Å². The molecular weight excluding hydrogens is 409 g/mol. The number of benzene rings is 1. The number of nitrogens with zero attached hydrogens (tertiary/aromatic N) is 5. The predicted octanol–water partition coefficient (Wildman–Crippen LogP) is 3.16. The lowest BCUT2D eigenvalue weighted by atomic mass is 10.1. The standard InChI is InChI=1S/C23H24FN7O/c1-13-9-30(10-14(2)27-13)19-5-4-17(20-21(19)26-7-6-25-20)23(32)29-16-8-18(24)22-28-15(3)11-31(22)12-16/h4-8,11-14,27H,9-10H2,1-3H3,(H,29,32). The first kappa shape index (κ1) is 20.3. The molecule has 2 N–H and O–H groups in total. The third-order valence-electron chi connectivity index (χ3n) is 5.63. The summed E-state index contributed by atoms with van der Waals surface area (Å²) in [6, 6.07) is 5.62. The number of carbonyl (C=O) groups excluding carboxylic acids is 1. The van der Waals surface area contributed by atoms with E-state index in [1.54, 1.807) is 42.2 Å². The quantitative estimate of drug-likeness (QED) is 0.516. The molecule has 0 spiro atoms. The highest BCUT2D eigenvalue weighted by molar-refractivity contribution is 6.13. The first-order valence-electron chi connectivity index (χ1n) is 10.6. The van der Waals surface area contributed by atoms with Crippen molar-refractivity contribution in [1.82, 2.24) is 24.7 Å². The second-order valence-corrected chi connectivity index (χ2v) is 8.40. The summed E-state index contributed by atoms with van der Waals surface area (Å²) in [4.78, 5) is 28.5. The zero-order valence-corrected chi connectivity index (χ0v) is 18.1. The lowest BCUT2D eigenvalue weighted by Crippen LogP contribution is -2.54. The van der Waals surface area contributed by atoms with Crippen molar-refractivity contribution in [3.63, 3.8) is 0 Å². The minimum Gasteiger partial charge on any atom is -0.367 e. The van der Waals surface area contributed by atoms with Crippen LogP contribution in [0.2, 0.25) is 0 Å². The summed E-state index contributed by atoms with van der Waals surface area (Å²) in [6.07, 6.45) is 6.56. The van der Waals surface area contributed by atoms with Gasteiger partial charge in [0.25, 0.3) is 5.91 Å². The molecular formula is C23H24FN7O. The van der Waals surface area contributed by atoms with Gasteiger partial charge in [0.15, 0.2) is 11.5 Å². The van der Waals surface area contributed by atoms with Gasteiger partial charge < -0.3 is 19.9 Å². The van der Waals surface area contributed by atoms with Gasteiger partial charge in [-0.05, 0) is 32.9 Å². The van der Waals surface area contributed by atoms with E-state index in [-0.39, 0.29) is 11.6 Å². The number of rotatable bonds is 3. The highest BCUT2D eigenvalue weighted by Gasteiger charge is 2.24. The topological polar surface area (TPSA) is 87.5 Å². The number of amides is 1. The van der Waals surface area contributed by atoms with Gasteiger partial charge in [0, 0.05) is 56.0 Å². The van der Waals surface area contributed by atoms with Crippen molar-refractivity contribution in [3.8, 4) is 0 Å². The second kappa shape index (κ2) is 7.83. The van der Waals surface area contributed by atoms with E-state index in [9.17, 15) is 9.18 Å². The molecule has 1 amide bonds. The minimum atomic E-state index is -0.502. The number of imidazole rings is 1. The van der Waals surface area contributed by atoms with Crippen LogP contribution < -0.4 is 15.5 Å². The van der Waals surface area contributed by atoms with Crippen molar-refractivity contribution in [1.29, 1.82) is 0 Å². The molecule has 164 valence electrons. The maximum atomic E-state index is 14.4. The van der Waals surface area contributed by atoms with Gasteiger partial charge in [-0.1, -0.05) is 0 Å². The zero-order chi connectivity index (χ0) is 22.4.